The summed E-state index contributed by atoms with van der Waals surface area (Å²) in [6, 6.07) is 0. The van der Waals surface area contributed by atoms with Gasteiger partial charge >= 0.3 is 11.9 Å². The maximum absolute atomic E-state index is 12.2. The van der Waals surface area contributed by atoms with E-state index in [4.69, 9.17) is 9.47 Å². The van der Waals surface area contributed by atoms with Crippen LogP contribution in [0, 0.1) is 0 Å². The molecule has 0 aromatic heterocycles. The molecule has 0 aromatic rings. The molecule has 0 bridgehead atoms. The number of carbonyl (C=O) groups is 2. The number of carbonyl (C=O) groups excluding carboxylic acids is 2. The van der Waals surface area contributed by atoms with Crippen LogP contribution >= 0.6 is 0 Å². The third-order valence-corrected chi connectivity index (χ3v) is 9.94. The number of rotatable bonds is 41. The quantitative estimate of drug-likeness (QED) is 0.0385. The van der Waals surface area contributed by atoms with Crippen LogP contribution in [0.3, 0.4) is 0 Å². The van der Waals surface area contributed by atoms with E-state index >= 15 is 0 Å². The number of unbranched alkanes of at least 4 members (excludes halogenated alkanes) is 27. The zero-order chi connectivity index (χ0) is 37.8. The first-order valence-corrected chi connectivity index (χ1v) is 22.5. The average Bonchev–Trinajstić information content (AvgIpc) is 3.15. The van der Waals surface area contributed by atoms with Crippen molar-refractivity contribution >= 4 is 11.9 Å². The normalized spacial score (nSPS) is 12.4. The minimum absolute atomic E-state index is 0.0631. The molecule has 304 valence electrons. The van der Waals surface area contributed by atoms with Gasteiger partial charge in [-0.3, -0.25) is 9.59 Å². The third kappa shape index (κ3) is 40.9. The van der Waals surface area contributed by atoms with Gasteiger partial charge in [0.25, 0.3) is 0 Å². The smallest absolute Gasteiger partial charge is 0.306 e. The Morgan fingerprint density at radius 2 is 0.769 bits per heavy atom. The summed E-state index contributed by atoms with van der Waals surface area (Å²) in [7, 11) is 0. The Balaban J connectivity index is 3.49. The molecule has 0 aliphatic heterocycles. The van der Waals surface area contributed by atoms with Crippen LogP contribution in [0.5, 0.6) is 0 Å². The van der Waals surface area contributed by atoms with E-state index in [2.05, 4.69) is 50.3 Å². The molecular formula is C47H86O5. The summed E-state index contributed by atoms with van der Waals surface area (Å²) in [6.07, 6.45) is 53.7. The molecule has 0 aliphatic carbocycles. The lowest BCUT2D eigenvalue weighted by atomic mass is 10.0. The van der Waals surface area contributed by atoms with E-state index in [9.17, 15) is 14.7 Å². The fourth-order valence-electron chi connectivity index (χ4n) is 6.50. The fraction of sp³-hybridized carbons (Fsp3) is 0.830. The monoisotopic (exact) mass is 731 g/mol. The average molecular weight is 731 g/mol. The fourth-order valence-corrected chi connectivity index (χ4v) is 6.50. The minimum atomic E-state index is -0.768. The molecule has 0 saturated heterocycles. The van der Waals surface area contributed by atoms with Gasteiger partial charge in [0.15, 0.2) is 6.10 Å². The van der Waals surface area contributed by atoms with Crippen molar-refractivity contribution in [1.82, 2.24) is 0 Å². The molecular weight excluding hydrogens is 645 g/mol. The Labute approximate surface area is 323 Å². The molecule has 0 radical (unpaired) electrons. The summed E-state index contributed by atoms with van der Waals surface area (Å²) in [5.74, 6) is -0.587. The molecule has 1 unspecified atom stereocenters. The molecule has 0 heterocycles. The van der Waals surface area contributed by atoms with E-state index in [1.807, 2.05) is 0 Å². The summed E-state index contributed by atoms with van der Waals surface area (Å²) < 4.78 is 10.6. The number of hydrogen-bond donors (Lipinski definition) is 1. The predicted molar refractivity (Wildman–Crippen MR) is 224 cm³/mol. The topological polar surface area (TPSA) is 72.8 Å². The zero-order valence-electron chi connectivity index (χ0n) is 34.6. The SMILES string of the molecule is CCCCCCC/C=C\C/C=C\C/C=C\CCCCCCCCCCCCCCC(=O)OC(CO)COC(=O)CCCCCCCCCCCCC. The lowest BCUT2D eigenvalue weighted by Crippen LogP contribution is -2.28. The van der Waals surface area contributed by atoms with Gasteiger partial charge in [0.2, 0.25) is 0 Å². The van der Waals surface area contributed by atoms with Gasteiger partial charge in [0, 0.05) is 12.8 Å². The highest BCUT2D eigenvalue weighted by Gasteiger charge is 2.16. The van der Waals surface area contributed by atoms with Gasteiger partial charge in [-0.1, -0.05) is 204 Å². The highest BCUT2D eigenvalue weighted by atomic mass is 16.6. The van der Waals surface area contributed by atoms with E-state index in [1.54, 1.807) is 0 Å². The first-order valence-electron chi connectivity index (χ1n) is 22.5. The highest BCUT2D eigenvalue weighted by molar-refractivity contribution is 5.70. The lowest BCUT2D eigenvalue weighted by Gasteiger charge is -2.15. The van der Waals surface area contributed by atoms with Gasteiger partial charge in [-0.2, -0.15) is 0 Å². The maximum atomic E-state index is 12.2. The summed E-state index contributed by atoms with van der Waals surface area (Å²) >= 11 is 0. The molecule has 0 amide bonds. The number of allylic oxidation sites excluding steroid dienone is 6. The Hall–Kier alpha value is -1.88. The second-order valence-corrected chi connectivity index (χ2v) is 15.1. The van der Waals surface area contributed by atoms with E-state index in [-0.39, 0.29) is 25.2 Å². The molecule has 0 aromatic carbocycles. The van der Waals surface area contributed by atoms with Crippen molar-refractivity contribution in [2.24, 2.45) is 0 Å². The van der Waals surface area contributed by atoms with Crippen molar-refractivity contribution < 1.29 is 24.2 Å². The van der Waals surface area contributed by atoms with Gasteiger partial charge in [-0.05, 0) is 51.4 Å². The molecule has 5 nitrogen and oxygen atoms in total. The van der Waals surface area contributed by atoms with Crippen molar-refractivity contribution in [2.75, 3.05) is 13.2 Å². The Bertz CT molecular complexity index is 832. The van der Waals surface area contributed by atoms with Crippen LogP contribution in [-0.2, 0) is 19.1 Å². The summed E-state index contributed by atoms with van der Waals surface area (Å²) in [6.45, 7) is 4.13. The molecule has 0 spiro atoms. The standard InChI is InChI=1S/C47H86O5/c1-3-5-7-9-11-13-15-16-17-18-19-20-21-22-23-24-25-26-27-28-29-30-32-34-36-38-40-42-47(50)52-45(43-48)44-51-46(49)41-39-37-35-33-31-14-12-10-8-6-4-2/h15-16,18-19,21-22,45,48H,3-14,17,20,23-44H2,1-2H3/b16-15-,19-18-,22-21-. The molecule has 1 atom stereocenters. The molecule has 0 aliphatic rings. The molecule has 5 heteroatoms. The van der Waals surface area contributed by atoms with Crippen molar-refractivity contribution in [3.63, 3.8) is 0 Å². The van der Waals surface area contributed by atoms with Crippen molar-refractivity contribution in [1.29, 1.82) is 0 Å². The Morgan fingerprint density at radius 3 is 1.15 bits per heavy atom. The van der Waals surface area contributed by atoms with Gasteiger partial charge in [-0.25, -0.2) is 0 Å². The van der Waals surface area contributed by atoms with Crippen molar-refractivity contribution in [2.45, 2.75) is 238 Å². The van der Waals surface area contributed by atoms with Crippen LogP contribution in [0.1, 0.15) is 232 Å². The first-order chi connectivity index (χ1) is 25.6. The number of ether oxygens (including phenoxy) is 2. The minimum Gasteiger partial charge on any atom is -0.462 e. The van der Waals surface area contributed by atoms with Crippen molar-refractivity contribution in [3.8, 4) is 0 Å². The molecule has 52 heavy (non-hydrogen) atoms. The van der Waals surface area contributed by atoms with E-state index in [0.29, 0.717) is 12.8 Å². The summed E-state index contributed by atoms with van der Waals surface area (Å²) in [5, 5.41) is 9.56. The zero-order valence-corrected chi connectivity index (χ0v) is 34.6. The van der Waals surface area contributed by atoms with Gasteiger partial charge in [0.1, 0.15) is 6.61 Å². The second kappa shape index (κ2) is 43.5. The van der Waals surface area contributed by atoms with Crippen LogP contribution in [-0.4, -0.2) is 36.4 Å². The highest BCUT2D eigenvalue weighted by Crippen LogP contribution is 2.15. The molecule has 1 N–H and O–H groups in total. The largest absolute Gasteiger partial charge is 0.462 e. The summed E-state index contributed by atoms with van der Waals surface area (Å²) in [5.41, 5.74) is 0. The van der Waals surface area contributed by atoms with Crippen LogP contribution in [0.4, 0.5) is 0 Å². The van der Waals surface area contributed by atoms with Gasteiger partial charge < -0.3 is 14.6 Å². The molecule has 0 saturated carbocycles. The Kier molecular flexibility index (Phi) is 42.0. The second-order valence-electron chi connectivity index (χ2n) is 15.1. The van der Waals surface area contributed by atoms with Crippen LogP contribution in [0.25, 0.3) is 0 Å². The number of esters is 2. The van der Waals surface area contributed by atoms with Crippen molar-refractivity contribution in [3.05, 3.63) is 36.5 Å². The first kappa shape index (κ1) is 50.1. The number of aliphatic hydroxyl groups excluding tert-OH is 1. The number of aliphatic hydroxyl groups is 1. The van der Waals surface area contributed by atoms with Gasteiger partial charge in [0.05, 0.1) is 6.61 Å². The predicted octanol–water partition coefficient (Wildman–Crippen LogP) is 14.4. The lowest BCUT2D eigenvalue weighted by molar-refractivity contribution is -0.161. The Morgan fingerprint density at radius 1 is 0.442 bits per heavy atom. The summed E-state index contributed by atoms with van der Waals surface area (Å²) in [4.78, 5) is 24.3. The third-order valence-electron chi connectivity index (χ3n) is 9.94. The van der Waals surface area contributed by atoms with Gasteiger partial charge in [-0.15, -0.1) is 0 Å². The van der Waals surface area contributed by atoms with Crippen LogP contribution in [0.2, 0.25) is 0 Å². The molecule has 0 fully saturated rings. The number of hydrogen-bond acceptors (Lipinski definition) is 5. The van der Waals surface area contributed by atoms with E-state index < -0.39 is 6.10 Å². The van der Waals surface area contributed by atoms with E-state index in [1.165, 1.54) is 154 Å². The van der Waals surface area contributed by atoms with Crippen LogP contribution < -0.4 is 0 Å². The van der Waals surface area contributed by atoms with Crippen LogP contribution in [0.15, 0.2) is 36.5 Å². The molecule has 0 rings (SSSR count). The maximum Gasteiger partial charge on any atom is 0.306 e. The van der Waals surface area contributed by atoms with E-state index in [0.717, 1.165) is 51.4 Å².